The van der Waals surface area contributed by atoms with Crippen molar-refractivity contribution in [2.24, 2.45) is 13.0 Å². The summed E-state index contributed by atoms with van der Waals surface area (Å²) < 4.78 is 3.59. The smallest absolute Gasteiger partial charge is 0.270 e. The first-order valence-electron chi connectivity index (χ1n) is 13.2. The average molecular weight is 520 g/mol. The highest BCUT2D eigenvalue weighted by atomic mass is 16.2. The number of carbonyl (C=O) groups is 3. The third-order valence-corrected chi connectivity index (χ3v) is 6.85. The van der Waals surface area contributed by atoms with Gasteiger partial charge in [0.1, 0.15) is 23.4 Å². The van der Waals surface area contributed by atoms with Crippen LogP contribution in [0.4, 0.5) is 0 Å². The molecule has 1 aliphatic heterocycles. The Bertz CT molecular complexity index is 1260. The minimum atomic E-state index is -0.743. The monoisotopic (exact) mass is 519 g/mol. The van der Waals surface area contributed by atoms with Gasteiger partial charge in [0.15, 0.2) is 0 Å². The summed E-state index contributed by atoms with van der Waals surface area (Å²) in [4.78, 5) is 46.3. The van der Waals surface area contributed by atoms with Gasteiger partial charge in [0.05, 0.1) is 12.6 Å². The molecule has 3 heterocycles. The van der Waals surface area contributed by atoms with Gasteiger partial charge in [0.25, 0.3) is 5.91 Å². The van der Waals surface area contributed by atoms with E-state index in [2.05, 4.69) is 20.7 Å². The molecule has 3 amide bonds. The summed E-state index contributed by atoms with van der Waals surface area (Å²) in [6.07, 6.45) is 2.88. The van der Waals surface area contributed by atoms with E-state index >= 15 is 0 Å². The van der Waals surface area contributed by atoms with E-state index in [0.29, 0.717) is 49.8 Å². The second-order valence-corrected chi connectivity index (χ2v) is 10.2. The van der Waals surface area contributed by atoms with E-state index in [1.807, 2.05) is 70.4 Å². The zero-order valence-electron chi connectivity index (χ0n) is 22.6. The number of hydrogen-bond acceptors (Lipinski definition) is 5. The molecule has 2 aromatic heterocycles. The van der Waals surface area contributed by atoms with Gasteiger partial charge in [-0.05, 0) is 37.0 Å². The zero-order chi connectivity index (χ0) is 27.2. The van der Waals surface area contributed by atoms with Crippen molar-refractivity contribution in [2.75, 3.05) is 13.1 Å². The fourth-order valence-electron chi connectivity index (χ4n) is 4.78. The topological polar surface area (TPSA) is 114 Å². The molecular formula is C28H37N7O3. The summed E-state index contributed by atoms with van der Waals surface area (Å²) in [6, 6.07) is 12.1. The van der Waals surface area contributed by atoms with Gasteiger partial charge in [-0.15, -0.1) is 0 Å². The Morgan fingerprint density at radius 1 is 1.05 bits per heavy atom. The van der Waals surface area contributed by atoms with E-state index in [-0.39, 0.29) is 30.1 Å². The lowest BCUT2D eigenvalue weighted by atomic mass is 10.0. The molecule has 2 atom stereocenters. The van der Waals surface area contributed by atoms with Crippen LogP contribution in [0.15, 0.2) is 48.7 Å². The molecule has 0 unspecified atom stereocenters. The van der Waals surface area contributed by atoms with Crippen molar-refractivity contribution in [1.29, 1.82) is 0 Å². The third-order valence-electron chi connectivity index (χ3n) is 6.85. The number of aromatic nitrogens is 4. The van der Waals surface area contributed by atoms with E-state index in [0.717, 1.165) is 5.56 Å². The number of nitrogens with zero attached hydrogens (tertiary/aromatic N) is 5. The molecular weight excluding hydrogens is 482 g/mol. The van der Waals surface area contributed by atoms with Crippen LogP contribution in [-0.4, -0.2) is 61.1 Å². The largest absolute Gasteiger partial charge is 0.347 e. The van der Waals surface area contributed by atoms with Gasteiger partial charge in [0.2, 0.25) is 11.8 Å². The van der Waals surface area contributed by atoms with Gasteiger partial charge >= 0.3 is 0 Å². The van der Waals surface area contributed by atoms with Crippen molar-refractivity contribution in [1.82, 2.24) is 34.9 Å². The highest BCUT2D eigenvalue weighted by Crippen LogP contribution is 2.21. The fraction of sp³-hybridized carbons (Fsp3) is 0.464. The van der Waals surface area contributed by atoms with Crippen LogP contribution in [-0.2, 0) is 29.6 Å². The highest BCUT2D eigenvalue weighted by molar-refractivity contribution is 5.93. The molecule has 0 fully saturated rings. The lowest BCUT2D eigenvalue weighted by Crippen LogP contribution is -2.50. The first-order chi connectivity index (χ1) is 18.2. The summed E-state index contributed by atoms with van der Waals surface area (Å²) in [6.45, 7) is 7.07. The van der Waals surface area contributed by atoms with E-state index in [1.54, 1.807) is 20.2 Å². The minimum Gasteiger partial charge on any atom is -0.347 e. The predicted octanol–water partition coefficient (Wildman–Crippen LogP) is 2.40. The molecule has 4 rings (SSSR count). The third kappa shape index (κ3) is 6.48. The van der Waals surface area contributed by atoms with E-state index in [9.17, 15) is 14.4 Å². The number of fused-ring (bicyclic) bond motifs is 1. The van der Waals surface area contributed by atoms with Crippen molar-refractivity contribution in [3.05, 3.63) is 71.6 Å². The first-order valence-corrected chi connectivity index (χ1v) is 13.2. The summed E-state index contributed by atoms with van der Waals surface area (Å²) in [5, 5.41) is 10.7. The zero-order valence-corrected chi connectivity index (χ0v) is 22.6. The molecule has 0 radical (unpaired) electrons. The van der Waals surface area contributed by atoms with Crippen molar-refractivity contribution in [3.8, 4) is 0 Å². The van der Waals surface area contributed by atoms with Crippen LogP contribution in [0.2, 0.25) is 0 Å². The number of rotatable bonds is 4. The van der Waals surface area contributed by atoms with E-state index < -0.39 is 12.1 Å². The van der Waals surface area contributed by atoms with Crippen LogP contribution >= 0.6 is 0 Å². The molecule has 1 aromatic carbocycles. The predicted molar refractivity (Wildman–Crippen MR) is 143 cm³/mol. The second kappa shape index (κ2) is 12.1. The Morgan fingerprint density at radius 2 is 1.82 bits per heavy atom. The Morgan fingerprint density at radius 3 is 2.50 bits per heavy atom. The van der Waals surface area contributed by atoms with Crippen LogP contribution in [0, 0.1) is 12.8 Å². The van der Waals surface area contributed by atoms with Crippen molar-refractivity contribution in [2.45, 2.75) is 58.7 Å². The van der Waals surface area contributed by atoms with E-state index in [1.165, 1.54) is 0 Å². The summed E-state index contributed by atoms with van der Waals surface area (Å²) in [5.41, 5.74) is 1.54. The SMILES string of the molecule is Cc1nc2n(n1)CCN(C(=O)c1cccn1C)CCCC(=O)N[C@@H](Cc1ccccc1)C(=O)N[C@@H]2C(C)C. The lowest BCUT2D eigenvalue weighted by Gasteiger charge is -2.28. The number of benzene rings is 1. The molecule has 0 saturated carbocycles. The molecule has 10 heteroatoms. The van der Waals surface area contributed by atoms with Crippen molar-refractivity contribution >= 4 is 17.7 Å². The van der Waals surface area contributed by atoms with Gasteiger partial charge in [-0.3, -0.25) is 14.4 Å². The number of amides is 3. The molecule has 1 aliphatic rings. The molecule has 2 N–H and O–H groups in total. The quantitative estimate of drug-likeness (QED) is 0.550. The Kier molecular flexibility index (Phi) is 8.60. The van der Waals surface area contributed by atoms with Crippen LogP contribution < -0.4 is 10.6 Å². The normalized spacial score (nSPS) is 19.4. The van der Waals surface area contributed by atoms with Crippen LogP contribution in [0.1, 0.15) is 60.4 Å². The summed E-state index contributed by atoms with van der Waals surface area (Å²) in [7, 11) is 1.84. The van der Waals surface area contributed by atoms with Crippen LogP contribution in [0.25, 0.3) is 0 Å². The van der Waals surface area contributed by atoms with Gasteiger partial charge in [0, 0.05) is 39.2 Å². The fourth-order valence-corrected chi connectivity index (χ4v) is 4.78. The van der Waals surface area contributed by atoms with Crippen LogP contribution in [0.5, 0.6) is 0 Å². The maximum atomic E-state index is 13.5. The minimum absolute atomic E-state index is 0.0170. The van der Waals surface area contributed by atoms with Crippen molar-refractivity contribution < 1.29 is 14.4 Å². The standard InChI is InChI=1S/C28H37N7O3/c1-19(2)25-26-29-20(3)32-35(26)17-16-34(28(38)23-12-8-14-33(23)4)15-9-13-24(36)30-22(27(37)31-25)18-21-10-6-5-7-11-21/h5-8,10-12,14,19,22,25H,9,13,15-18H2,1-4H3,(H,30,36)(H,31,37)/t22-,25+/m0/s1. The lowest BCUT2D eigenvalue weighted by molar-refractivity contribution is -0.129. The Labute approximate surface area is 223 Å². The van der Waals surface area contributed by atoms with Crippen molar-refractivity contribution in [3.63, 3.8) is 0 Å². The van der Waals surface area contributed by atoms with E-state index in [4.69, 9.17) is 0 Å². The van der Waals surface area contributed by atoms with Gasteiger partial charge < -0.3 is 20.1 Å². The Balaban J connectivity index is 1.66. The maximum absolute atomic E-state index is 13.5. The molecule has 0 bridgehead atoms. The summed E-state index contributed by atoms with van der Waals surface area (Å²) >= 11 is 0. The summed E-state index contributed by atoms with van der Waals surface area (Å²) in [5.74, 6) is 0.676. The molecule has 38 heavy (non-hydrogen) atoms. The highest BCUT2D eigenvalue weighted by Gasteiger charge is 2.30. The molecule has 202 valence electrons. The molecule has 0 saturated heterocycles. The number of nitrogens with one attached hydrogen (secondary N) is 2. The van der Waals surface area contributed by atoms with Crippen LogP contribution in [0.3, 0.4) is 0 Å². The molecule has 0 aliphatic carbocycles. The number of aryl methyl sites for hydroxylation is 2. The van der Waals surface area contributed by atoms with Gasteiger partial charge in [-0.25, -0.2) is 9.67 Å². The second-order valence-electron chi connectivity index (χ2n) is 10.2. The maximum Gasteiger partial charge on any atom is 0.270 e. The molecule has 10 nitrogen and oxygen atoms in total. The molecule has 3 aromatic rings. The number of hydrogen-bond donors (Lipinski definition) is 2. The van der Waals surface area contributed by atoms with Gasteiger partial charge in [-0.2, -0.15) is 5.10 Å². The van der Waals surface area contributed by atoms with Gasteiger partial charge in [-0.1, -0.05) is 44.2 Å². The molecule has 0 spiro atoms. The number of carbonyl (C=O) groups excluding carboxylic acids is 3. The Hall–Kier alpha value is -3.95. The first kappa shape index (κ1) is 27.1. The average Bonchev–Trinajstić information content (AvgIpc) is 3.48.